The zero-order chi connectivity index (χ0) is 68.3. The molecule has 0 amide bonds. The van der Waals surface area contributed by atoms with E-state index in [-0.39, 0.29) is 5.84 Å². The van der Waals surface area contributed by atoms with Gasteiger partial charge in [-0.15, -0.1) is 0 Å². The molecule has 102 heavy (non-hydrogen) atoms. The summed E-state index contributed by atoms with van der Waals surface area (Å²) in [7, 11) is 0. The lowest BCUT2D eigenvalue weighted by molar-refractivity contribution is 0.630. The molecule has 5 aromatic heterocycles. The largest absolute Gasteiger partial charge is 0.309 e. The first-order valence-electron chi connectivity index (χ1n) is 34.9. The molecule has 10 heteroatoms. The molecule has 0 unspecified atom stereocenters. The van der Waals surface area contributed by atoms with E-state index in [1.165, 1.54) is 66.6 Å². The highest BCUT2D eigenvalue weighted by Crippen LogP contribution is 2.55. The maximum atomic E-state index is 10.5. The summed E-state index contributed by atoms with van der Waals surface area (Å²) < 4.78 is 9.59. The second-order valence-corrected chi connectivity index (χ2v) is 28.1. The van der Waals surface area contributed by atoms with Crippen LogP contribution in [0.4, 0.5) is 34.3 Å². The van der Waals surface area contributed by atoms with Gasteiger partial charge in [0.25, 0.3) is 0 Å². The Bertz CT molecular complexity index is 6170. The molecule has 0 spiro atoms. The van der Waals surface area contributed by atoms with E-state index in [1.807, 2.05) is 18.2 Å². The van der Waals surface area contributed by atoms with Gasteiger partial charge in [-0.05, 0) is 180 Å². The van der Waals surface area contributed by atoms with Crippen molar-refractivity contribution in [2.45, 2.75) is 38.5 Å². The fourth-order valence-electron chi connectivity index (χ4n) is 17.2. The third-order valence-electron chi connectivity index (χ3n) is 21.9. The van der Waals surface area contributed by atoms with Crippen LogP contribution in [-0.2, 0) is 10.8 Å². The van der Waals surface area contributed by atoms with Gasteiger partial charge in [0.1, 0.15) is 11.7 Å². The van der Waals surface area contributed by atoms with Gasteiger partial charge in [-0.25, -0.2) is 4.98 Å². The van der Waals surface area contributed by atoms with Crippen molar-refractivity contribution >= 4 is 157 Å². The number of para-hydroxylation sites is 8. The molecule has 18 aromatic rings. The Kier molecular flexibility index (Phi) is 12.8. The molecule has 0 fully saturated rings. The number of anilines is 5. The fraction of sp³-hybridized carbons (Fsp3) is 0.0652. The summed E-state index contributed by atoms with van der Waals surface area (Å²) in [6.45, 7) is 9.38. The first-order valence-corrected chi connectivity index (χ1v) is 34.9. The average molecular weight is 1310 g/mol. The predicted molar refractivity (Wildman–Crippen MR) is 427 cm³/mol. The second kappa shape index (κ2) is 22.2. The molecule has 10 nitrogen and oxygen atoms in total. The van der Waals surface area contributed by atoms with Gasteiger partial charge in [-0.2, -0.15) is 0 Å². The van der Waals surface area contributed by atoms with E-state index in [9.17, 15) is 5.41 Å². The molecule has 2 N–H and O–H groups in total. The lowest BCUT2D eigenvalue weighted by atomic mass is 9.73. The Labute approximate surface area is 588 Å². The summed E-state index contributed by atoms with van der Waals surface area (Å²) in [5.74, 6) is 1.04. The normalized spacial score (nSPS) is 14.0. The van der Waals surface area contributed by atoms with Crippen LogP contribution in [0.5, 0.6) is 0 Å². The van der Waals surface area contributed by atoms with E-state index in [0.29, 0.717) is 5.69 Å². The Morgan fingerprint density at radius 1 is 0.363 bits per heavy atom. The van der Waals surface area contributed by atoms with Crippen LogP contribution >= 0.6 is 0 Å². The van der Waals surface area contributed by atoms with E-state index in [0.717, 1.165) is 123 Å². The van der Waals surface area contributed by atoms with Crippen molar-refractivity contribution in [3.63, 3.8) is 0 Å². The number of nitrogens with zero attached hydrogens (tertiary/aromatic N) is 8. The van der Waals surface area contributed by atoms with Crippen LogP contribution in [0.25, 0.3) is 127 Å². The maximum absolute atomic E-state index is 10.5. The van der Waals surface area contributed by atoms with Crippen molar-refractivity contribution in [1.29, 1.82) is 10.8 Å². The molecule has 0 saturated heterocycles. The molecule has 0 bridgehead atoms. The predicted octanol–water partition coefficient (Wildman–Crippen LogP) is 23.6. The van der Waals surface area contributed by atoms with Crippen molar-refractivity contribution < 1.29 is 0 Å². The first kappa shape index (κ1) is 58.9. The molecule has 0 atom stereocenters. The van der Waals surface area contributed by atoms with E-state index in [1.54, 1.807) is 0 Å². The first-order chi connectivity index (χ1) is 50.0. The van der Waals surface area contributed by atoms with Gasteiger partial charge in [0.2, 0.25) is 0 Å². The van der Waals surface area contributed by atoms with Crippen molar-refractivity contribution in [3.05, 3.63) is 325 Å². The van der Waals surface area contributed by atoms with Crippen molar-refractivity contribution in [2.24, 2.45) is 4.99 Å². The number of aromatic nitrogens is 5. The smallest absolute Gasteiger partial charge is 0.138 e. The minimum atomic E-state index is -0.528. The maximum Gasteiger partial charge on any atom is 0.138 e. The van der Waals surface area contributed by atoms with E-state index >= 15 is 0 Å². The number of nitrogens with one attached hydrogen (secondary N) is 2. The Morgan fingerprint density at radius 2 is 0.676 bits per heavy atom. The standard InChI is InChI=1S/C92H66N10/c1-91(2)71-53-59(97-77-29-13-5-21-63(77)64-22-6-14-30-78(64)97)39-43-85(71)101(86-44-40-60(54-72(86)91)98-79-31-15-7-23-65(79)66-24-8-16-32-80(66)98)89(94)47-37-57-52-76-58(51-75(57)95-50-49-93)38-48-90(96-76)102-87-45-41-61(99-81-33-17-9-25-67(81)68-26-10-18-34-82(68)99)55-73(87)92(3,4)74-56-62(42-46-88(74)102)100-83-35-19-11-27-69(83)70-28-12-20-36-84(70)100/h5-56,93-94H,1-4H3/b47-37-,93-49?,94-89?,95-50-. The minimum Gasteiger partial charge on any atom is -0.309 e. The number of aliphatic imine (C=N–C) groups is 1. The molecule has 484 valence electrons. The number of fused-ring (bicyclic) bond motifs is 17. The Morgan fingerprint density at radius 3 is 1.01 bits per heavy atom. The second-order valence-electron chi connectivity index (χ2n) is 28.1. The Balaban J connectivity index is 0.741. The summed E-state index contributed by atoms with van der Waals surface area (Å²) in [5, 5.41) is 29.1. The van der Waals surface area contributed by atoms with Crippen molar-refractivity contribution in [1.82, 2.24) is 23.3 Å². The van der Waals surface area contributed by atoms with Gasteiger partial charge in [0.05, 0.1) is 78.1 Å². The van der Waals surface area contributed by atoms with Gasteiger partial charge in [0, 0.05) is 100 Å². The third kappa shape index (κ3) is 8.59. The van der Waals surface area contributed by atoms with Crippen LogP contribution in [0.15, 0.2) is 302 Å². The molecule has 20 rings (SSSR count). The zero-order valence-electron chi connectivity index (χ0n) is 56.6. The molecule has 0 saturated carbocycles. The van der Waals surface area contributed by atoms with Crippen molar-refractivity contribution in [2.75, 3.05) is 9.80 Å². The summed E-state index contributed by atoms with van der Waals surface area (Å²) in [6, 6.07) is 105. The van der Waals surface area contributed by atoms with Crippen molar-refractivity contribution in [3.8, 4) is 22.7 Å². The number of hydrogen-bond donors (Lipinski definition) is 2. The SMILES string of the molecule is CC1(C)c2cc(-n3c4ccccc4c4ccccc43)ccc2N(C(=N)/C=C\c2cc3nc(N4c5ccc(-n6c7ccccc7c7ccccc76)cc5C(C)(C)c5cc(-n6c7ccccc7c7ccccc76)ccc54)ccc3cc2/N=C\C=N)c2ccc(-n3c4ccccc4c4ccccc43)cc21. The van der Waals surface area contributed by atoms with Gasteiger partial charge in [-0.3, -0.25) is 20.2 Å². The van der Waals surface area contributed by atoms with Gasteiger partial charge in [-0.1, -0.05) is 173 Å². The molecule has 2 aliphatic rings. The summed E-state index contributed by atoms with van der Waals surface area (Å²) >= 11 is 0. The lowest BCUT2D eigenvalue weighted by Crippen LogP contribution is -2.35. The van der Waals surface area contributed by atoms with Crippen LogP contribution in [0, 0.1) is 10.8 Å². The Hall–Kier alpha value is -13.2. The number of pyridine rings is 1. The van der Waals surface area contributed by atoms with Crippen LogP contribution in [0.2, 0.25) is 0 Å². The minimum absolute atomic E-state index is 0.274. The quantitative estimate of drug-likeness (QED) is 0.111. The topological polar surface area (TPSA) is 99.2 Å². The monoisotopic (exact) mass is 1310 g/mol. The highest BCUT2D eigenvalue weighted by Gasteiger charge is 2.41. The molecular formula is C92H66N10. The van der Waals surface area contributed by atoms with Gasteiger partial charge in [0.15, 0.2) is 0 Å². The van der Waals surface area contributed by atoms with Gasteiger partial charge >= 0.3 is 0 Å². The third-order valence-corrected chi connectivity index (χ3v) is 21.9. The van der Waals surface area contributed by atoms with Crippen LogP contribution in [0.3, 0.4) is 0 Å². The highest BCUT2D eigenvalue weighted by atomic mass is 15.2. The zero-order valence-corrected chi connectivity index (χ0v) is 56.6. The number of benzene rings is 13. The fourth-order valence-corrected chi connectivity index (χ4v) is 17.2. The number of amidine groups is 1. The van der Waals surface area contributed by atoms with Crippen LogP contribution in [-0.4, -0.2) is 41.5 Å². The molecular weight excluding hydrogens is 1250 g/mol. The molecule has 13 aromatic carbocycles. The van der Waals surface area contributed by atoms with E-state index in [4.69, 9.17) is 15.4 Å². The van der Waals surface area contributed by atoms with Crippen LogP contribution in [0.1, 0.15) is 55.5 Å². The molecule has 0 aliphatic carbocycles. The average Bonchev–Trinajstić information content (AvgIpc) is 0.864. The number of rotatable bonds is 9. The van der Waals surface area contributed by atoms with Crippen LogP contribution < -0.4 is 9.80 Å². The number of hydrogen-bond acceptors (Lipinski definition) is 5. The van der Waals surface area contributed by atoms with E-state index < -0.39 is 10.8 Å². The summed E-state index contributed by atoms with van der Waals surface area (Å²) in [5.41, 5.74) is 23.1. The van der Waals surface area contributed by atoms with E-state index in [2.05, 4.69) is 341 Å². The highest BCUT2D eigenvalue weighted by molar-refractivity contribution is 6.17. The molecule has 7 heterocycles. The summed E-state index contributed by atoms with van der Waals surface area (Å²) in [4.78, 5) is 15.0. The lowest BCUT2D eigenvalue weighted by Gasteiger charge is -2.42. The summed E-state index contributed by atoms with van der Waals surface area (Å²) in [6.07, 6.45) is 6.60. The van der Waals surface area contributed by atoms with Gasteiger partial charge < -0.3 is 23.7 Å². The molecule has 0 radical (unpaired) electrons. The molecule has 2 aliphatic heterocycles.